The first-order valence-corrected chi connectivity index (χ1v) is 8.94. The van der Waals surface area contributed by atoms with Crippen LogP contribution in [-0.4, -0.2) is 51.9 Å². The average Bonchev–Trinajstić information content (AvgIpc) is 2.60. The van der Waals surface area contributed by atoms with Crippen molar-refractivity contribution >= 4 is 0 Å². The van der Waals surface area contributed by atoms with Crippen LogP contribution in [0.1, 0.15) is 44.5 Å². The zero-order valence-electron chi connectivity index (χ0n) is 14.4. The molecule has 0 saturated carbocycles. The first-order valence-electron chi connectivity index (χ1n) is 8.94. The molecule has 0 bridgehead atoms. The molecule has 3 heterocycles. The molecule has 0 aliphatic carbocycles. The summed E-state index contributed by atoms with van der Waals surface area (Å²) in [6, 6.07) is 0. The van der Waals surface area contributed by atoms with Crippen LogP contribution in [0.25, 0.3) is 0 Å². The van der Waals surface area contributed by atoms with E-state index in [2.05, 4.69) is 28.7 Å². The third kappa shape index (κ3) is 3.73. The molecule has 2 aliphatic rings. The second-order valence-electron chi connectivity index (χ2n) is 7.13. The van der Waals surface area contributed by atoms with Crippen LogP contribution in [-0.2, 0) is 17.7 Å². The van der Waals surface area contributed by atoms with E-state index in [-0.39, 0.29) is 5.92 Å². The number of hydrogen-bond donors (Lipinski definition) is 1. The van der Waals surface area contributed by atoms with Gasteiger partial charge in [-0.25, -0.2) is 9.97 Å². The summed E-state index contributed by atoms with van der Waals surface area (Å²) in [5, 5.41) is 11.2. The summed E-state index contributed by atoms with van der Waals surface area (Å²) >= 11 is 0. The fourth-order valence-corrected chi connectivity index (χ4v) is 4.07. The van der Waals surface area contributed by atoms with Gasteiger partial charge in [0.1, 0.15) is 5.82 Å². The lowest BCUT2D eigenvalue weighted by atomic mass is 9.70. The van der Waals surface area contributed by atoms with Gasteiger partial charge in [-0.2, -0.15) is 0 Å². The lowest BCUT2D eigenvalue weighted by Gasteiger charge is -2.48. The molecule has 1 N–H and O–H groups in total. The number of piperidine rings is 1. The summed E-state index contributed by atoms with van der Waals surface area (Å²) in [6.07, 6.45) is 7.60. The minimum absolute atomic E-state index is 0.287. The highest BCUT2D eigenvalue weighted by molar-refractivity contribution is 5.06. The van der Waals surface area contributed by atoms with E-state index in [9.17, 15) is 5.11 Å². The third-order valence-electron chi connectivity index (χ3n) is 5.62. The van der Waals surface area contributed by atoms with Crippen LogP contribution in [0, 0.1) is 11.8 Å². The van der Waals surface area contributed by atoms with Gasteiger partial charge in [-0.3, -0.25) is 4.90 Å². The molecule has 1 aromatic heterocycles. The van der Waals surface area contributed by atoms with E-state index >= 15 is 0 Å². The second-order valence-corrected chi connectivity index (χ2v) is 7.13. The van der Waals surface area contributed by atoms with E-state index in [0.29, 0.717) is 5.92 Å². The Labute approximate surface area is 139 Å². The summed E-state index contributed by atoms with van der Waals surface area (Å²) in [6.45, 7) is 8.60. The number of rotatable bonds is 4. The van der Waals surface area contributed by atoms with Crippen LogP contribution < -0.4 is 0 Å². The molecule has 23 heavy (non-hydrogen) atoms. The highest BCUT2D eigenvalue weighted by atomic mass is 16.5. The topological polar surface area (TPSA) is 58.5 Å². The van der Waals surface area contributed by atoms with Crippen molar-refractivity contribution < 1.29 is 9.84 Å². The van der Waals surface area contributed by atoms with Crippen LogP contribution in [0.5, 0.6) is 0 Å². The molecular formula is C18H29N3O2. The van der Waals surface area contributed by atoms with Gasteiger partial charge in [-0.15, -0.1) is 0 Å². The first-order chi connectivity index (χ1) is 11.1. The lowest BCUT2D eigenvalue weighted by Crippen LogP contribution is -2.55. The van der Waals surface area contributed by atoms with E-state index in [1.54, 1.807) is 0 Å². The molecule has 5 heteroatoms. The van der Waals surface area contributed by atoms with E-state index in [4.69, 9.17) is 4.74 Å². The molecule has 2 atom stereocenters. The predicted molar refractivity (Wildman–Crippen MR) is 89.0 cm³/mol. The normalized spacial score (nSPS) is 30.5. The van der Waals surface area contributed by atoms with Gasteiger partial charge >= 0.3 is 0 Å². The van der Waals surface area contributed by atoms with Crippen molar-refractivity contribution in [1.29, 1.82) is 0 Å². The maximum atomic E-state index is 11.2. The van der Waals surface area contributed by atoms with Gasteiger partial charge in [0.2, 0.25) is 0 Å². The van der Waals surface area contributed by atoms with Gasteiger partial charge in [-0.1, -0.05) is 13.8 Å². The van der Waals surface area contributed by atoms with E-state index in [1.807, 2.05) is 12.4 Å². The number of ether oxygens (including phenoxy) is 1. The Morgan fingerprint density at radius 3 is 2.61 bits per heavy atom. The monoisotopic (exact) mass is 319 g/mol. The summed E-state index contributed by atoms with van der Waals surface area (Å²) in [5.74, 6) is 1.57. The van der Waals surface area contributed by atoms with Crippen LogP contribution in [0.3, 0.4) is 0 Å². The Morgan fingerprint density at radius 1 is 1.30 bits per heavy atom. The van der Waals surface area contributed by atoms with Gasteiger partial charge in [0, 0.05) is 57.2 Å². The number of hydrogen-bond acceptors (Lipinski definition) is 5. The van der Waals surface area contributed by atoms with Crippen LogP contribution in [0.4, 0.5) is 0 Å². The van der Waals surface area contributed by atoms with Crippen LogP contribution in [0.15, 0.2) is 12.4 Å². The molecule has 2 saturated heterocycles. The Kier molecular flexibility index (Phi) is 5.29. The minimum atomic E-state index is -0.525. The largest absolute Gasteiger partial charge is 0.389 e. The molecule has 1 aromatic rings. The van der Waals surface area contributed by atoms with Crippen molar-refractivity contribution in [3.63, 3.8) is 0 Å². The number of aliphatic hydroxyl groups is 1. The summed E-state index contributed by atoms with van der Waals surface area (Å²) < 4.78 is 5.45. The SMILES string of the molecule is CCc1ncc(CN2CC[C@@](O)(C3CCOCC3)[C@H](C)C2)cn1. The summed E-state index contributed by atoms with van der Waals surface area (Å²) in [7, 11) is 0. The van der Waals surface area contributed by atoms with Crippen molar-refractivity contribution in [3.05, 3.63) is 23.8 Å². The van der Waals surface area contributed by atoms with Gasteiger partial charge < -0.3 is 9.84 Å². The Balaban J connectivity index is 1.58. The quantitative estimate of drug-likeness (QED) is 0.920. The van der Waals surface area contributed by atoms with Gasteiger partial charge in [-0.05, 0) is 31.1 Å². The van der Waals surface area contributed by atoms with Gasteiger partial charge in [0.15, 0.2) is 0 Å². The fraction of sp³-hybridized carbons (Fsp3) is 0.778. The van der Waals surface area contributed by atoms with Crippen LogP contribution >= 0.6 is 0 Å². The van der Waals surface area contributed by atoms with Crippen molar-refractivity contribution in [1.82, 2.24) is 14.9 Å². The Morgan fingerprint density at radius 2 is 2.00 bits per heavy atom. The van der Waals surface area contributed by atoms with Crippen molar-refractivity contribution in [2.24, 2.45) is 11.8 Å². The molecule has 0 aromatic carbocycles. The second kappa shape index (κ2) is 7.24. The number of aryl methyl sites for hydroxylation is 1. The van der Waals surface area contributed by atoms with Crippen molar-refractivity contribution in [3.8, 4) is 0 Å². The summed E-state index contributed by atoms with van der Waals surface area (Å²) in [4.78, 5) is 11.2. The maximum absolute atomic E-state index is 11.2. The number of likely N-dealkylation sites (tertiary alicyclic amines) is 1. The predicted octanol–water partition coefficient (Wildman–Crippen LogP) is 2.04. The molecule has 5 nitrogen and oxygen atoms in total. The summed E-state index contributed by atoms with van der Waals surface area (Å²) in [5.41, 5.74) is 0.633. The van der Waals surface area contributed by atoms with Crippen molar-refractivity contribution in [2.45, 2.75) is 51.7 Å². The minimum Gasteiger partial charge on any atom is -0.389 e. The maximum Gasteiger partial charge on any atom is 0.127 e. The highest BCUT2D eigenvalue weighted by Gasteiger charge is 2.45. The molecule has 0 spiro atoms. The third-order valence-corrected chi connectivity index (χ3v) is 5.62. The molecule has 128 valence electrons. The zero-order valence-corrected chi connectivity index (χ0v) is 14.4. The zero-order chi connectivity index (χ0) is 16.3. The Hall–Kier alpha value is -1.04. The molecule has 2 fully saturated rings. The highest BCUT2D eigenvalue weighted by Crippen LogP contribution is 2.39. The molecule has 3 rings (SSSR count). The number of nitrogens with zero attached hydrogens (tertiary/aromatic N) is 3. The molecule has 2 aliphatic heterocycles. The smallest absolute Gasteiger partial charge is 0.127 e. The van der Waals surface area contributed by atoms with E-state index in [1.165, 1.54) is 0 Å². The van der Waals surface area contributed by atoms with E-state index in [0.717, 1.165) is 69.9 Å². The first kappa shape index (κ1) is 16.8. The molecular weight excluding hydrogens is 290 g/mol. The van der Waals surface area contributed by atoms with Gasteiger partial charge in [0.25, 0.3) is 0 Å². The Bertz CT molecular complexity index is 501. The van der Waals surface area contributed by atoms with E-state index < -0.39 is 5.60 Å². The fourth-order valence-electron chi connectivity index (χ4n) is 4.07. The lowest BCUT2D eigenvalue weighted by molar-refractivity contribution is -0.131. The molecule has 0 amide bonds. The molecule has 0 unspecified atom stereocenters. The standard InChI is InChI=1S/C18H29N3O2/c1-3-17-19-10-15(11-20-17)13-21-7-6-18(22,14(2)12-21)16-4-8-23-9-5-16/h10-11,14,16,22H,3-9,12-13H2,1-2H3/t14-,18+/m1/s1. The molecule has 0 radical (unpaired) electrons. The van der Waals surface area contributed by atoms with Gasteiger partial charge in [0.05, 0.1) is 5.60 Å². The van der Waals surface area contributed by atoms with Crippen LogP contribution in [0.2, 0.25) is 0 Å². The average molecular weight is 319 g/mol. The van der Waals surface area contributed by atoms with Crippen molar-refractivity contribution in [2.75, 3.05) is 26.3 Å². The number of aromatic nitrogens is 2.